The Hall–Kier alpha value is -0.830. The highest BCUT2D eigenvalue weighted by molar-refractivity contribution is 9.09. The lowest BCUT2D eigenvalue weighted by molar-refractivity contribution is -0.134. The normalized spacial score (nSPS) is 15.4. The predicted molar refractivity (Wildman–Crippen MR) is 73.3 cm³/mol. The SMILES string of the molecule is O=C(Cc1ccccc1)N(CCBr)C1CCC1. The summed E-state index contributed by atoms with van der Waals surface area (Å²) in [5, 5.41) is 0.865. The van der Waals surface area contributed by atoms with E-state index in [1.807, 2.05) is 35.2 Å². The number of halogens is 1. The second kappa shape index (κ2) is 6.20. The van der Waals surface area contributed by atoms with Crippen molar-refractivity contribution >= 4 is 21.8 Å². The van der Waals surface area contributed by atoms with Crippen LogP contribution in [0, 0.1) is 0 Å². The van der Waals surface area contributed by atoms with Crippen LogP contribution in [0.5, 0.6) is 0 Å². The van der Waals surface area contributed by atoms with E-state index in [9.17, 15) is 4.79 Å². The van der Waals surface area contributed by atoms with E-state index in [2.05, 4.69) is 15.9 Å². The predicted octanol–water partition coefficient (Wildman–Crippen LogP) is 3.01. The van der Waals surface area contributed by atoms with Crippen LogP contribution in [0.3, 0.4) is 0 Å². The maximum atomic E-state index is 12.2. The molecule has 2 rings (SSSR count). The first-order valence-electron chi connectivity index (χ1n) is 6.20. The van der Waals surface area contributed by atoms with Crippen LogP contribution in [0.2, 0.25) is 0 Å². The van der Waals surface area contributed by atoms with Gasteiger partial charge in [-0.2, -0.15) is 0 Å². The minimum atomic E-state index is 0.264. The van der Waals surface area contributed by atoms with Gasteiger partial charge in [-0.05, 0) is 24.8 Å². The van der Waals surface area contributed by atoms with Gasteiger partial charge in [0.05, 0.1) is 6.42 Å². The first-order chi connectivity index (χ1) is 8.31. The molecular formula is C14H18BrNO. The van der Waals surface area contributed by atoms with Crippen LogP contribution in [0.4, 0.5) is 0 Å². The largest absolute Gasteiger partial charge is 0.339 e. The third-order valence-electron chi connectivity index (χ3n) is 3.36. The van der Waals surface area contributed by atoms with Crippen LogP contribution < -0.4 is 0 Å². The monoisotopic (exact) mass is 295 g/mol. The van der Waals surface area contributed by atoms with Crippen molar-refractivity contribution in [2.45, 2.75) is 31.7 Å². The van der Waals surface area contributed by atoms with Crippen LogP contribution >= 0.6 is 15.9 Å². The first kappa shape index (κ1) is 12.6. The number of rotatable bonds is 5. The summed E-state index contributed by atoms with van der Waals surface area (Å²) in [6, 6.07) is 10.5. The van der Waals surface area contributed by atoms with Gasteiger partial charge in [0.1, 0.15) is 0 Å². The molecule has 1 aromatic rings. The van der Waals surface area contributed by atoms with Crippen molar-refractivity contribution in [3.05, 3.63) is 35.9 Å². The minimum absolute atomic E-state index is 0.264. The maximum absolute atomic E-state index is 12.2. The van der Waals surface area contributed by atoms with E-state index < -0.39 is 0 Å². The Morgan fingerprint density at radius 2 is 2.00 bits per heavy atom. The van der Waals surface area contributed by atoms with Crippen molar-refractivity contribution in [1.82, 2.24) is 4.90 Å². The van der Waals surface area contributed by atoms with Gasteiger partial charge in [-0.1, -0.05) is 46.3 Å². The summed E-state index contributed by atoms with van der Waals surface area (Å²) in [5.41, 5.74) is 1.11. The quantitative estimate of drug-likeness (QED) is 0.765. The molecule has 0 saturated heterocycles. The van der Waals surface area contributed by atoms with E-state index in [1.54, 1.807) is 0 Å². The van der Waals surface area contributed by atoms with Crippen molar-refractivity contribution in [2.24, 2.45) is 0 Å². The van der Waals surface area contributed by atoms with Gasteiger partial charge in [-0.3, -0.25) is 4.79 Å². The first-order valence-corrected chi connectivity index (χ1v) is 7.33. The summed E-state index contributed by atoms with van der Waals surface area (Å²) in [5.74, 6) is 0.264. The highest BCUT2D eigenvalue weighted by Crippen LogP contribution is 2.25. The number of hydrogen-bond donors (Lipinski definition) is 0. The minimum Gasteiger partial charge on any atom is -0.339 e. The van der Waals surface area contributed by atoms with E-state index in [4.69, 9.17) is 0 Å². The van der Waals surface area contributed by atoms with Crippen LogP contribution in [-0.2, 0) is 11.2 Å². The zero-order valence-corrected chi connectivity index (χ0v) is 11.5. The van der Waals surface area contributed by atoms with Crippen molar-refractivity contribution in [1.29, 1.82) is 0 Å². The van der Waals surface area contributed by atoms with E-state index in [0.717, 1.165) is 17.4 Å². The summed E-state index contributed by atoms with van der Waals surface area (Å²) in [4.78, 5) is 14.3. The lowest BCUT2D eigenvalue weighted by Crippen LogP contribution is -2.45. The maximum Gasteiger partial charge on any atom is 0.227 e. The summed E-state index contributed by atoms with van der Waals surface area (Å²) in [6.07, 6.45) is 4.15. The Kier molecular flexibility index (Phi) is 4.60. The molecule has 92 valence electrons. The summed E-state index contributed by atoms with van der Waals surface area (Å²) >= 11 is 3.43. The average molecular weight is 296 g/mol. The molecule has 1 fully saturated rings. The Labute approximate surface area is 111 Å². The van der Waals surface area contributed by atoms with Crippen molar-refractivity contribution in [3.63, 3.8) is 0 Å². The molecule has 0 N–H and O–H groups in total. The van der Waals surface area contributed by atoms with Gasteiger partial charge < -0.3 is 4.90 Å². The zero-order valence-electron chi connectivity index (χ0n) is 9.94. The molecule has 0 unspecified atom stereocenters. The molecule has 1 aliphatic rings. The summed E-state index contributed by atoms with van der Waals surface area (Å²) in [7, 11) is 0. The molecule has 3 heteroatoms. The fourth-order valence-corrected chi connectivity index (χ4v) is 2.55. The molecule has 0 heterocycles. The Balaban J connectivity index is 1.96. The van der Waals surface area contributed by atoms with Crippen LogP contribution in [0.25, 0.3) is 0 Å². The number of amides is 1. The van der Waals surface area contributed by atoms with E-state index in [-0.39, 0.29) is 5.91 Å². The van der Waals surface area contributed by atoms with Gasteiger partial charge in [0, 0.05) is 17.9 Å². The van der Waals surface area contributed by atoms with Crippen molar-refractivity contribution in [3.8, 4) is 0 Å². The number of carbonyl (C=O) groups is 1. The molecule has 0 spiro atoms. The molecule has 0 aromatic heterocycles. The molecule has 1 aliphatic carbocycles. The molecule has 17 heavy (non-hydrogen) atoms. The van der Waals surface area contributed by atoms with Crippen LogP contribution in [0.15, 0.2) is 30.3 Å². The lowest BCUT2D eigenvalue weighted by atomic mass is 9.91. The van der Waals surface area contributed by atoms with E-state index >= 15 is 0 Å². The standard InChI is InChI=1S/C14H18BrNO/c15-9-10-16(13-7-4-8-13)14(17)11-12-5-2-1-3-6-12/h1-3,5-6,13H,4,7-11H2. The van der Waals surface area contributed by atoms with Crippen molar-refractivity contribution in [2.75, 3.05) is 11.9 Å². The molecule has 0 atom stereocenters. The van der Waals surface area contributed by atoms with Gasteiger partial charge in [-0.25, -0.2) is 0 Å². The molecule has 1 amide bonds. The highest BCUT2D eigenvalue weighted by atomic mass is 79.9. The van der Waals surface area contributed by atoms with Gasteiger partial charge in [-0.15, -0.1) is 0 Å². The fourth-order valence-electron chi connectivity index (χ4n) is 2.17. The molecule has 1 aromatic carbocycles. The second-order valence-electron chi connectivity index (χ2n) is 4.52. The number of nitrogens with zero attached hydrogens (tertiary/aromatic N) is 1. The molecular weight excluding hydrogens is 278 g/mol. The third-order valence-corrected chi connectivity index (χ3v) is 3.71. The number of carbonyl (C=O) groups excluding carboxylic acids is 1. The molecule has 0 bridgehead atoms. The topological polar surface area (TPSA) is 20.3 Å². The Morgan fingerprint density at radius 3 is 2.53 bits per heavy atom. The van der Waals surface area contributed by atoms with Crippen LogP contribution in [-0.4, -0.2) is 28.7 Å². The van der Waals surface area contributed by atoms with E-state index in [1.165, 1.54) is 19.3 Å². The number of benzene rings is 1. The fraction of sp³-hybridized carbons (Fsp3) is 0.500. The number of alkyl halides is 1. The summed E-state index contributed by atoms with van der Waals surface area (Å²) < 4.78 is 0. The molecule has 0 aliphatic heterocycles. The lowest BCUT2D eigenvalue weighted by Gasteiger charge is -2.37. The Morgan fingerprint density at radius 1 is 1.29 bits per heavy atom. The van der Waals surface area contributed by atoms with Crippen molar-refractivity contribution < 1.29 is 4.79 Å². The molecule has 1 saturated carbocycles. The smallest absolute Gasteiger partial charge is 0.227 e. The van der Waals surface area contributed by atoms with Gasteiger partial charge in [0.2, 0.25) is 5.91 Å². The molecule has 2 nitrogen and oxygen atoms in total. The van der Waals surface area contributed by atoms with Gasteiger partial charge in [0.15, 0.2) is 0 Å². The highest BCUT2D eigenvalue weighted by Gasteiger charge is 2.27. The average Bonchev–Trinajstić information content (AvgIpc) is 2.27. The Bertz CT molecular complexity index is 362. The van der Waals surface area contributed by atoms with E-state index in [0.29, 0.717) is 12.5 Å². The second-order valence-corrected chi connectivity index (χ2v) is 5.32. The van der Waals surface area contributed by atoms with Crippen LogP contribution in [0.1, 0.15) is 24.8 Å². The van der Waals surface area contributed by atoms with Gasteiger partial charge >= 0.3 is 0 Å². The number of hydrogen-bond acceptors (Lipinski definition) is 1. The molecule has 0 radical (unpaired) electrons. The third kappa shape index (κ3) is 3.32. The summed E-state index contributed by atoms with van der Waals surface area (Å²) in [6.45, 7) is 0.830. The van der Waals surface area contributed by atoms with Gasteiger partial charge in [0.25, 0.3) is 0 Å². The zero-order chi connectivity index (χ0) is 12.1.